The van der Waals surface area contributed by atoms with Crippen molar-refractivity contribution >= 4 is 31.6 Å². The number of aromatic nitrogens is 2. The molecule has 1 aromatic heterocycles. The lowest BCUT2D eigenvalue weighted by molar-refractivity contribution is -0.00835. The van der Waals surface area contributed by atoms with Crippen LogP contribution in [0.15, 0.2) is 71.0 Å². The van der Waals surface area contributed by atoms with Crippen LogP contribution in [0, 0.1) is 5.92 Å². The lowest BCUT2D eigenvalue weighted by atomic mass is 10.0. The number of aliphatic hydroxyl groups excluding tert-OH is 1. The van der Waals surface area contributed by atoms with Crippen LogP contribution in [0.4, 0.5) is 5.69 Å². The molecule has 1 amide bonds. The van der Waals surface area contributed by atoms with E-state index in [1.54, 1.807) is 48.9 Å². The second-order valence-electron chi connectivity index (χ2n) is 12.1. The van der Waals surface area contributed by atoms with Crippen LogP contribution in [0.1, 0.15) is 50.4 Å². The van der Waals surface area contributed by atoms with Crippen LogP contribution in [0.5, 0.6) is 5.75 Å². The number of likely N-dealkylation sites (N-methyl/N-ethyl adjacent to an activating group) is 1. The highest BCUT2D eigenvalue weighted by Gasteiger charge is 2.33. The number of anilines is 1. The summed E-state index contributed by atoms with van der Waals surface area (Å²) in [4.78, 5) is 19.9. The Labute approximate surface area is 277 Å². The molecule has 2 heterocycles. The molecule has 0 fully saturated rings. The van der Waals surface area contributed by atoms with E-state index in [1.807, 2.05) is 13.8 Å². The number of hydrogen-bond donors (Lipinski definition) is 2. The zero-order chi connectivity index (χ0) is 34.4. The van der Waals surface area contributed by atoms with Gasteiger partial charge in [-0.25, -0.2) is 21.8 Å². The molecule has 47 heavy (non-hydrogen) atoms. The lowest BCUT2D eigenvalue weighted by Crippen LogP contribution is -2.48. The first-order valence-electron chi connectivity index (χ1n) is 15.6. The number of carbonyl (C=O) groups is 1. The van der Waals surface area contributed by atoms with Gasteiger partial charge in [-0.1, -0.05) is 25.1 Å². The largest absolute Gasteiger partial charge is 0.490 e. The highest BCUT2D eigenvalue weighted by Crippen LogP contribution is 2.30. The number of benzene rings is 2. The fourth-order valence-electron chi connectivity index (χ4n) is 5.30. The second-order valence-corrected chi connectivity index (χ2v) is 15.8. The molecule has 13 nitrogen and oxygen atoms in total. The van der Waals surface area contributed by atoms with Gasteiger partial charge in [-0.3, -0.25) is 9.52 Å². The molecule has 0 saturated carbocycles. The zero-order valence-electron chi connectivity index (χ0n) is 27.4. The molecule has 258 valence electrons. The number of imidazole rings is 1. The summed E-state index contributed by atoms with van der Waals surface area (Å²) in [5.41, 5.74) is 0.299. The van der Waals surface area contributed by atoms with E-state index in [0.717, 1.165) is 6.42 Å². The molecule has 4 atom stereocenters. The van der Waals surface area contributed by atoms with Crippen LogP contribution in [-0.2, 0) is 31.8 Å². The van der Waals surface area contributed by atoms with E-state index in [0.29, 0.717) is 25.2 Å². The van der Waals surface area contributed by atoms with Gasteiger partial charge in [0.25, 0.3) is 26.0 Å². The van der Waals surface area contributed by atoms with E-state index in [1.165, 1.54) is 47.0 Å². The van der Waals surface area contributed by atoms with Gasteiger partial charge >= 0.3 is 0 Å². The number of amides is 1. The molecule has 0 aliphatic carbocycles. The number of carbonyl (C=O) groups excluding carboxylic acids is 1. The number of fused-ring (bicyclic) bond motifs is 1. The van der Waals surface area contributed by atoms with Crippen molar-refractivity contribution in [2.45, 2.75) is 68.2 Å². The first kappa shape index (κ1) is 36.3. The van der Waals surface area contributed by atoms with Gasteiger partial charge in [0, 0.05) is 51.6 Å². The van der Waals surface area contributed by atoms with Gasteiger partial charge in [-0.05, 0) is 63.4 Å². The predicted molar refractivity (Wildman–Crippen MR) is 177 cm³/mol. The second kappa shape index (κ2) is 15.6. The molecule has 1 aliphatic rings. The standard InChI is InChI=1S/C32H45N5O8S2/c1-23-18-37(24(2)21-38)32(39)28-17-26(34-46(40,41)27-12-7-6-8-13-27)14-15-29(28)45-25(3)11-9-10-16-44-30(23)19-36(5)47(42,43)31-20-35(4)22-33-31/h6-8,12-15,17,20,22-25,30,34,38H,9-11,16,18-19,21H2,1-5H3/t23-,24+,25-,30+/m0/s1. The Morgan fingerprint density at radius 1 is 1.11 bits per heavy atom. The van der Waals surface area contributed by atoms with Crippen molar-refractivity contribution in [3.8, 4) is 5.75 Å². The third kappa shape index (κ3) is 9.11. The molecule has 4 rings (SSSR count). The maximum absolute atomic E-state index is 14.3. The molecule has 15 heteroatoms. The molecule has 0 radical (unpaired) electrons. The van der Waals surface area contributed by atoms with E-state index in [9.17, 15) is 26.7 Å². The third-order valence-electron chi connectivity index (χ3n) is 8.15. The van der Waals surface area contributed by atoms with Gasteiger partial charge in [0.2, 0.25) is 0 Å². The van der Waals surface area contributed by atoms with Crippen molar-refractivity contribution < 1.29 is 36.2 Å². The van der Waals surface area contributed by atoms with Crippen molar-refractivity contribution in [2.24, 2.45) is 13.0 Å². The predicted octanol–water partition coefficient (Wildman–Crippen LogP) is 3.34. The highest BCUT2D eigenvalue weighted by molar-refractivity contribution is 7.92. The summed E-state index contributed by atoms with van der Waals surface area (Å²) in [6.07, 6.45) is 4.10. The molecular formula is C32H45N5O8S2. The number of ether oxygens (including phenoxy) is 2. The minimum Gasteiger partial charge on any atom is -0.490 e. The molecule has 2 N–H and O–H groups in total. The summed E-state index contributed by atoms with van der Waals surface area (Å²) in [6.45, 7) is 5.62. The quantitative estimate of drug-likeness (QED) is 0.343. The Hall–Kier alpha value is -3.50. The summed E-state index contributed by atoms with van der Waals surface area (Å²) in [6, 6.07) is 11.8. The Bertz CT molecular complexity index is 1720. The molecule has 0 spiro atoms. The highest BCUT2D eigenvalue weighted by atomic mass is 32.2. The topological polar surface area (TPSA) is 160 Å². The molecule has 2 aromatic carbocycles. The number of sulfonamides is 2. The van der Waals surface area contributed by atoms with E-state index in [2.05, 4.69) is 9.71 Å². The van der Waals surface area contributed by atoms with Crippen LogP contribution in [0.25, 0.3) is 0 Å². The summed E-state index contributed by atoms with van der Waals surface area (Å²) in [7, 11) is -4.69. The minimum absolute atomic E-state index is 0.0110. The van der Waals surface area contributed by atoms with Gasteiger partial charge in [0.1, 0.15) is 5.75 Å². The van der Waals surface area contributed by atoms with Gasteiger partial charge in [0.05, 0.1) is 41.6 Å². The number of rotatable bonds is 9. The monoisotopic (exact) mass is 691 g/mol. The fourth-order valence-corrected chi connectivity index (χ4v) is 7.51. The summed E-state index contributed by atoms with van der Waals surface area (Å²) >= 11 is 0. The van der Waals surface area contributed by atoms with Gasteiger partial charge in [0.15, 0.2) is 5.03 Å². The molecule has 3 aromatic rings. The molecule has 0 unspecified atom stereocenters. The lowest BCUT2D eigenvalue weighted by Gasteiger charge is -2.35. The van der Waals surface area contributed by atoms with Crippen LogP contribution in [0.3, 0.4) is 0 Å². The average Bonchev–Trinajstić information content (AvgIpc) is 3.49. The third-order valence-corrected chi connectivity index (χ3v) is 11.3. The number of hydrogen-bond acceptors (Lipinski definition) is 9. The van der Waals surface area contributed by atoms with Gasteiger partial charge < -0.3 is 24.0 Å². The smallest absolute Gasteiger partial charge is 0.261 e. The molecule has 0 bridgehead atoms. The fraction of sp³-hybridized carbons (Fsp3) is 0.500. The van der Waals surface area contributed by atoms with Crippen LogP contribution in [-0.4, -0.2) is 98.2 Å². The number of nitrogens with zero attached hydrogens (tertiary/aromatic N) is 4. The maximum Gasteiger partial charge on any atom is 0.261 e. The number of nitrogens with one attached hydrogen (secondary N) is 1. The minimum atomic E-state index is -3.94. The summed E-state index contributed by atoms with van der Waals surface area (Å²) in [5.74, 6) is -0.564. The van der Waals surface area contributed by atoms with E-state index < -0.39 is 38.1 Å². The van der Waals surface area contributed by atoms with E-state index >= 15 is 0 Å². The first-order chi connectivity index (χ1) is 22.2. The van der Waals surface area contributed by atoms with Crippen molar-refractivity contribution in [3.05, 3.63) is 66.6 Å². The first-order valence-corrected chi connectivity index (χ1v) is 18.5. The number of aliphatic hydroxyl groups is 1. The zero-order valence-corrected chi connectivity index (χ0v) is 29.1. The Balaban J connectivity index is 1.68. The Morgan fingerprint density at radius 2 is 1.83 bits per heavy atom. The van der Waals surface area contributed by atoms with Crippen LogP contribution < -0.4 is 9.46 Å². The van der Waals surface area contributed by atoms with Gasteiger partial charge in [-0.15, -0.1) is 0 Å². The average molecular weight is 692 g/mol. The van der Waals surface area contributed by atoms with Crippen LogP contribution in [0.2, 0.25) is 0 Å². The maximum atomic E-state index is 14.3. The van der Waals surface area contributed by atoms with Crippen LogP contribution >= 0.6 is 0 Å². The summed E-state index contributed by atoms with van der Waals surface area (Å²) in [5, 5.41) is 10.1. The Kier molecular flexibility index (Phi) is 12.1. The molecule has 0 saturated heterocycles. The van der Waals surface area contributed by atoms with Crippen molar-refractivity contribution in [1.82, 2.24) is 18.8 Å². The normalized spacial score (nSPS) is 21.0. The molecule has 1 aliphatic heterocycles. The summed E-state index contributed by atoms with van der Waals surface area (Å²) < 4.78 is 70.6. The van der Waals surface area contributed by atoms with Crippen molar-refractivity contribution in [2.75, 3.05) is 38.1 Å². The van der Waals surface area contributed by atoms with E-state index in [-0.39, 0.29) is 52.9 Å². The SMILES string of the molecule is C[C@H](CO)N1C[C@H](C)[C@@H](CN(C)S(=O)(=O)c2cn(C)cn2)OCCCC[C@H](C)Oc2ccc(NS(=O)(=O)c3ccccc3)cc2C1=O. The van der Waals surface area contributed by atoms with Crippen molar-refractivity contribution in [3.63, 3.8) is 0 Å². The molecular weight excluding hydrogens is 647 g/mol. The number of aryl methyl sites for hydroxylation is 1. The Morgan fingerprint density at radius 3 is 2.49 bits per heavy atom. The van der Waals surface area contributed by atoms with Gasteiger partial charge in [-0.2, -0.15) is 4.31 Å². The van der Waals surface area contributed by atoms with E-state index in [4.69, 9.17) is 9.47 Å². The van der Waals surface area contributed by atoms with Crippen molar-refractivity contribution in [1.29, 1.82) is 0 Å².